The zero-order valence-corrected chi connectivity index (χ0v) is 13.0. The molecular formula is C16H22N2OS. The van der Waals surface area contributed by atoms with Crippen molar-refractivity contribution in [1.29, 1.82) is 0 Å². The number of aromatic nitrogens is 1. The average Bonchev–Trinajstić information content (AvgIpc) is 2.80. The largest absolute Gasteiger partial charge is 0.361 e. The van der Waals surface area contributed by atoms with Gasteiger partial charge in [0, 0.05) is 46.2 Å². The molecule has 1 fully saturated rings. The number of nitrogens with zero attached hydrogens (tertiary/aromatic N) is 1. The normalized spacial score (nSPS) is 21.1. The number of nitrogens with one attached hydrogen (secondary N) is 1. The van der Waals surface area contributed by atoms with E-state index in [2.05, 4.69) is 42.2 Å². The highest BCUT2D eigenvalue weighted by molar-refractivity contribution is 7.97. The molecule has 2 aromatic rings. The summed E-state index contributed by atoms with van der Waals surface area (Å²) in [5.74, 6) is 4.35. The third-order valence-electron chi connectivity index (χ3n) is 4.31. The second kappa shape index (κ2) is 4.93. The first-order valence-electron chi connectivity index (χ1n) is 7.10. The SMILES string of the molecule is C=S(C)(=O)N1CCC(c2c[nH]c3cc(C)ccc23)CC1. The summed E-state index contributed by atoms with van der Waals surface area (Å²) in [5, 5.41) is 1.33. The number of H-pyrrole nitrogens is 1. The fraction of sp³-hybridized carbons (Fsp3) is 0.438. The zero-order chi connectivity index (χ0) is 14.3. The van der Waals surface area contributed by atoms with E-state index in [1.165, 1.54) is 22.0 Å². The van der Waals surface area contributed by atoms with Crippen LogP contribution in [0.3, 0.4) is 0 Å². The number of piperidine rings is 1. The van der Waals surface area contributed by atoms with Crippen LogP contribution in [0, 0.1) is 6.92 Å². The highest BCUT2D eigenvalue weighted by Gasteiger charge is 2.24. The number of benzene rings is 1. The van der Waals surface area contributed by atoms with Gasteiger partial charge in [-0.1, -0.05) is 12.1 Å². The molecule has 3 rings (SSSR count). The van der Waals surface area contributed by atoms with Crippen molar-refractivity contribution < 1.29 is 4.21 Å². The van der Waals surface area contributed by atoms with Crippen LogP contribution in [0.4, 0.5) is 0 Å². The molecule has 0 aliphatic carbocycles. The van der Waals surface area contributed by atoms with Crippen molar-refractivity contribution in [3.63, 3.8) is 0 Å². The lowest BCUT2D eigenvalue weighted by Gasteiger charge is -2.32. The quantitative estimate of drug-likeness (QED) is 0.848. The minimum Gasteiger partial charge on any atom is -0.361 e. The minimum atomic E-state index is -2.04. The van der Waals surface area contributed by atoms with Crippen LogP contribution in [0.15, 0.2) is 24.4 Å². The number of rotatable bonds is 2. The Hall–Kier alpha value is -1.26. The lowest BCUT2D eigenvalue weighted by Crippen LogP contribution is -2.36. The number of hydrogen-bond donors (Lipinski definition) is 1. The molecule has 0 radical (unpaired) electrons. The summed E-state index contributed by atoms with van der Waals surface area (Å²) >= 11 is 0. The summed E-state index contributed by atoms with van der Waals surface area (Å²) in [7, 11) is -2.04. The average molecular weight is 290 g/mol. The lowest BCUT2D eigenvalue weighted by atomic mass is 9.90. The Morgan fingerprint density at radius 2 is 2.05 bits per heavy atom. The molecule has 0 bridgehead atoms. The molecule has 1 saturated heterocycles. The fourth-order valence-corrected chi connectivity index (χ4v) is 4.14. The molecule has 0 amide bonds. The fourth-order valence-electron chi connectivity index (χ4n) is 3.15. The molecule has 1 aliphatic rings. The Bertz CT molecular complexity index is 722. The first-order valence-corrected chi connectivity index (χ1v) is 9.19. The van der Waals surface area contributed by atoms with E-state index < -0.39 is 9.71 Å². The Morgan fingerprint density at radius 3 is 2.70 bits per heavy atom. The molecule has 108 valence electrons. The standard InChI is InChI=1S/C16H22N2OS/c1-12-4-5-14-15(11-17-16(14)10-12)13-6-8-18(9-7-13)20(2,3)19/h4-5,10-11,13,17H,2,6-9H2,1,3H3. The van der Waals surface area contributed by atoms with E-state index in [9.17, 15) is 4.21 Å². The van der Waals surface area contributed by atoms with Crippen molar-refractivity contribution in [2.24, 2.45) is 0 Å². The Balaban J connectivity index is 1.84. The predicted octanol–water partition coefficient (Wildman–Crippen LogP) is 2.92. The maximum absolute atomic E-state index is 12.0. The first-order chi connectivity index (χ1) is 9.45. The van der Waals surface area contributed by atoms with Gasteiger partial charge in [-0.15, -0.1) is 0 Å². The van der Waals surface area contributed by atoms with E-state index in [0.29, 0.717) is 5.92 Å². The number of aryl methyl sites for hydroxylation is 1. The Morgan fingerprint density at radius 1 is 1.35 bits per heavy atom. The van der Waals surface area contributed by atoms with Crippen molar-refractivity contribution in [2.45, 2.75) is 25.7 Å². The molecule has 4 heteroatoms. The summed E-state index contributed by atoms with van der Waals surface area (Å²) < 4.78 is 14.0. The van der Waals surface area contributed by atoms with Crippen molar-refractivity contribution in [3.8, 4) is 0 Å². The molecule has 1 aromatic heterocycles. The summed E-state index contributed by atoms with van der Waals surface area (Å²) in [6.07, 6.45) is 6.00. The molecule has 1 unspecified atom stereocenters. The maximum atomic E-state index is 12.0. The second-order valence-corrected chi connectivity index (χ2v) is 8.39. The Labute approximate surface area is 121 Å². The smallest absolute Gasteiger partial charge is 0.0459 e. The molecule has 20 heavy (non-hydrogen) atoms. The van der Waals surface area contributed by atoms with Crippen LogP contribution in [0.2, 0.25) is 0 Å². The van der Waals surface area contributed by atoms with Gasteiger partial charge in [0.05, 0.1) is 0 Å². The minimum absolute atomic E-state index is 0.560. The predicted molar refractivity (Wildman–Crippen MR) is 87.8 cm³/mol. The van der Waals surface area contributed by atoms with Crippen LogP contribution in [-0.2, 0) is 9.71 Å². The van der Waals surface area contributed by atoms with Crippen molar-refractivity contribution in [2.75, 3.05) is 19.3 Å². The van der Waals surface area contributed by atoms with Gasteiger partial charge in [0.15, 0.2) is 0 Å². The van der Waals surface area contributed by atoms with Crippen LogP contribution in [-0.4, -0.2) is 38.7 Å². The molecule has 3 nitrogen and oxygen atoms in total. The molecular weight excluding hydrogens is 268 g/mol. The van der Waals surface area contributed by atoms with Crippen LogP contribution >= 0.6 is 0 Å². The van der Waals surface area contributed by atoms with Crippen molar-refractivity contribution in [3.05, 3.63) is 35.5 Å². The van der Waals surface area contributed by atoms with Gasteiger partial charge in [-0.25, -0.2) is 4.31 Å². The maximum Gasteiger partial charge on any atom is 0.0459 e. The van der Waals surface area contributed by atoms with Crippen LogP contribution in [0.5, 0.6) is 0 Å². The molecule has 0 saturated carbocycles. The van der Waals surface area contributed by atoms with E-state index in [1.807, 2.05) is 4.31 Å². The van der Waals surface area contributed by atoms with Gasteiger partial charge in [-0.05, 0) is 48.7 Å². The first kappa shape index (κ1) is 13.7. The highest BCUT2D eigenvalue weighted by Crippen LogP contribution is 2.33. The zero-order valence-electron chi connectivity index (χ0n) is 12.2. The summed E-state index contributed by atoms with van der Waals surface area (Å²) in [6, 6.07) is 6.58. The number of aromatic amines is 1. The lowest BCUT2D eigenvalue weighted by molar-refractivity contribution is 0.335. The van der Waals surface area contributed by atoms with Crippen LogP contribution in [0.1, 0.15) is 29.9 Å². The third-order valence-corrected chi connectivity index (χ3v) is 5.77. The van der Waals surface area contributed by atoms with Crippen LogP contribution in [0.25, 0.3) is 10.9 Å². The summed E-state index contributed by atoms with van der Waals surface area (Å²) in [6.45, 7) is 3.87. The van der Waals surface area contributed by atoms with Gasteiger partial charge in [-0.2, -0.15) is 0 Å². The summed E-state index contributed by atoms with van der Waals surface area (Å²) in [4.78, 5) is 3.39. The van der Waals surface area contributed by atoms with Crippen molar-refractivity contribution >= 4 is 26.5 Å². The molecule has 1 N–H and O–H groups in total. The molecule has 1 aliphatic heterocycles. The highest BCUT2D eigenvalue weighted by atomic mass is 32.2. The topological polar surface area (TPSA) is 36.1 Å². The molecule has 2 heterocycles. The third kappa shape index (κ3) is 2.50. The molecule has 1 atom stereocenters. The number of fused-ring (bicyclic) bond motifs is 1. The van der Waals surface area contributed by atoms with Gasteiger partial charge in [0.2, 0.25) is 0 Å². The van der Waals surface area contributed by atoms with Gasteiger partial charge in [0.25, 0.3) is 0 Å². The van der Waals surface area contributed by atoms with E-state index in [0.717, 1.165) is 25.9 Å². The van der Waals surface area contributed by atoms with E-state index in [1.54, 1.807) is 6.26 Å². The monoisotopic (exact) mass is 290 g/mol. The molecule has 0 spiro atoms. The van der Waals surface area contributed by atoms with Gasteiger partial charge in [-0.3, -0.25) is 4.21 Å². The van der Waals surface area contributed by atoms with E-state index in [4.69, 9.17) is 0 Å². The molecule has 1 aromatic carbocycles. The van der Waals surface area contributed by atoms with Crippen molar-refractivity contribution in [1.82, 2.24) is 9.29 Å². The van der Waals surface area contributed by atoms with Crippen LogP contribution < -0.4 is 0 Å². The second-order valence-electron chi connectivity index (χ2n) is 5.96. The van der Waals surface area contributed by atoms with Gasteiger partial charge in [0.1, 0.15) is 0 Å². The van der Waals surface area contributed by atoms with Gasteiger partial charge < -0.3 is 4.98 Å². The Kier molecular flexibility index (Phi) is 3.38. The van der Waals surface area contributed by atoms with E-state index in [-0.39, 0.29) is 0 Å². The van der Waals surface area contributed by atoms with Gasteiger partial charge >= 0.3 is 0 Å². The van der Waals surface area contributed by atoms with E-state index >= 15 is 0 Å². The summed E-state index contributed by atoms with van der Waals surface area (Å²) in [5.41, 5.74) is 3.91. The number of hydrogen-bond acceptors (Lipinski definition) is 1.